The molecule has 1 N–H and O–H groups in total. The molecule has 0 bridgehead atoms. The number of carbonyl (C=O) groups excluding carboxylic acids is 1. The molecule has 126 valence electrons. The minimum atomic E-state index is -0.358. The van der Waals surface area contributed by atoms with Crippen LogP contribution in [0.15, 0.2) is 12.5 Å². The summed E-state index contributed by atoms with van der Waals surface area (Å²) < 4.78 is 1.68. The molecule has 1 fully saturated rings. The Bertz CT molecular complexity index is 757. The Labute approximate surface area is 140 Å². The first-order chi connectivity index (χ1) is 11.7. The summed E-state index contributed by atoms with van der Waals surface area (Å²) in [7, 11) is 0. The number of carbonyl (C=O) groups is 1. The first-order valence-corrected chi connectivity index (χ1v) is 8.29. The van der Waals surface area contributed by atoms with Gasteiger partial charge in [-0.1, -0.05) is 0 Å². The van der Waals surface area contributed by atoms with Gasteiger partial charge in [-0.05, 0) is 26.2 Å². The van der Waals surface area contributed by atoms with Crippen molar-refractivity contribution >= 4 is 22.8 Å². The maximum Gasteiger partial charge on any atom is 0.244 e. The van der Waals surface area contributed by atoms with Crippen molar-refractivity contribution in [1.29, 1.82) is 5.26 Å². The van der Waals surface area contributed by atoms with E-state index in [0.717, 1.165) is 31.3 Å². The average molecular weight is 327 g/mol. The van der Waals surface area contributed by atoms with Crippen LogP contribution in [0.25, 0.3) is 11.0 Å². The summed E-state index contributed by atoms with van der Waals surface area (Å²) in [4.78, 5) is 23.0. The first-order valence-electron chi connectivity index (χ1n) is 8.29. The third-order valence-corrected chi connectivity index (χ3v) is 4.26. The lowest BCUT2D eigenvalue weighted by Gasteiger charge is -2.29. The Hall–Kier alpha value is -2.69. The van der Waals surface area contributed by atoms with Gasteiger partial charge in [0.05, 0.1) is 30.6 Å². The molecule has 0 spiro atoms. The zero-order chi connectivity index (χ0) is 16.9. The van der Waals surface area contributed by atoms with Crippen molar-refractivity contribution in [2.45, 2.75) is 45.2 Å². The van der Waals surface area contributed by atoms with Crippen LogP contribution in [0.1, 0.15) is 32.6 Å². The van der Waals surface area contributed by atoms with Gasteiger partial charge in [0.2, 0.25) is 5.91 Å². The van der Waals surface area contributed by atoms with E-state index < -0.39 is 0 Å². The molecular weight excluding hydrogens is 306 g/mol. The van der Waals surface area contributed by atoms with Gasteiger partial charge in [-0.15, -0.1) is 0 Å². The molecule has 1 saturated heterocycles. The molecule has 1 atom stereocenters. The van der Waals surface area contributed by atoms with Crippen LogP contribution in [0.3, 0.4) is 0 Å². The van der Waals surface area contributed by atoms with Crippen LogP contribution >= 0.6 is 0 Å². The average Bonchev–Trinajstić information content (AvgIpc) is 3.04. The predicted molar refractivity (Wildman–Crippen MR) is 89.1 cm³/mol. The third-order valence-electron chi connectivity index (χ3n) is 4.26. The Balaban J connectivity index is 1.76. The van der Waals surface area contributed by atoms with Crippen LogP contribution in [0.2, 0.25) is 0 Å². The number of anilines is 1. The highest BCUT2D eigenvalue weighted by Gasteiger charge is 2.23. The molecule has 2 aromatic heterocycles. The number of aromatic nitrogens is 4. The summed E-state index contributed by atoms with van der Waals surface area (Å²) in [6, 6.07) is 1.74. The summed E-state index contributed by atoms with van der Waals surface area (Å²) in [6.07, 6.45) is 6.83. The molecule has 2 aromatic rings. The predicted octanol–water partition coefficient (Wildman–Crippen LogP) is 1.55. The second kappa shape index (κ2) is 7.25. The van der Waals surface area contributed by atoms with E-state index >= 15 is 0 Å². The third kappa shape index (κ3) is 3.30. The number of fused-ring (bicyclic) bond motifs is 1. The van der Waals surface area contributed by atoms with Gasteiger partial charge in [-0.25, -0.2) is 14.6 Å². The maximum atomic E-state index is 12.5. The highest BCUT2D eigenvalue weighted by atomic mass is 16.2. The minimum Gasteiger partial charge on any atom is -0.358 e. The van der Waals surface area contributed by atoms with E-state index in [2.05, 4.69) is 26.5 Å². The molecule has 1 unspecified atom stereocenters. The fraction of sp³-hybridized carbons (Fsp3) is 0.562. The quantitative estimate of drug-likeness (QED) is 0.894. The van der Waals surface area contributed by atoms with Crippen LogP contribution < -0.4 is 5.32 Å². The highest BCUT2D eigenvalue weighted by molar-refractivity contribution is 5.90. The van der Waals surface area contributed by atoms with E-state index in [0.29, 0.717) is 24.4 Å². The molecule has 8 nitrogen and oxygen atoms in total. The van der Waals surface area contributed by atoms with Crippen molar-refractivity contribution in [3.63, 3.8) is 0 Å². The fourth-order valence-electron chi connectivity index (χ4n) is 2.98. The highest BCUT2D eigenvalue weighted by Crippen LogP contribution is 2.20. The molecule has 1 aliphatic rings. The number of piperidine rings is 1. The van der Waals surface area contributed by atoms with Crippen molar-refractivity contribution in [3.05, 3.63) is 12.5 Å². The van der Waals surface area contributed by atoms with Crippen LogP contribution in [0.5, 0.6) is 0 Å². The van der Waals surface area contributed by atoms with Gasteiger partial charge < -0.3 is 10.2 Å². The molecule has 3 rings (SSSR count). The summed E-state index contributed by atoms with van der Waals surface area (Å²) in [6.45, 7) is 4.00. The van der Waals surface area contributed by atoms with Gasteiger partial charge in [0.25, 0.3) is 0 Å². The number of nitrogens with zero attached hydrogens (tertiary/aromatic N) is 6. The smallest absolute Gasteiger partial charge is 0.244 e. The number of hydrogen-bond acceptors (Lipinski definition) is 6. The largest absolute Gasteiger partial charge is 0.358 e. The van der Waals surface area contributed by atoms with E-state index in [-0.39, 0.29) is 11.9 Å². The van der Waals surface area contributed by atoms with Gasteiger partial charge in [-0.3, -0.25) is 4.79 Å². The van der Waals surface area contributed by atoms with Crippen molar-refractivity contribution in [2.75, 3.05) is 18.4 Å². The summed E-state index contributed by atoms with van der Waals surface area (Å²) >= 11 is 0. The number of aryl methyl sites for hydroxylation is 1. The lowest BCUT2D eigenvalue weighted by molar-refractivity contribution is -0.132. The van der Waals surface area contributed by atoms with Gasteiger partial charge in [0.1, 0.15) is 18.2 Å². The Morgan fingerprint density at radius 3 is 2.92 bits per heavy atom. The molecule has 0 saturated carbocycles. The minimum absolute atomic E-state index is 0.0957. The van der Waals surface area contributed by atoms with E-state index in [1.807, 2.05) is 11.8 Å². The van der Waals surface area contributed by atoms with E-state index in [4.69, 9.17) is 5.26 Å². The number of hydrogen-bond donors (Lipinski definition) is 1. The number of nitriles is 1. The van der Waals surface area contributed by atoms with Crippen molar-refractivity contribution in [3.8, 4) is 6.07 Å². The topological polar surface area (TPSA) is 99.7 Å². The molecule has 24 heavy (non-hydrogen) atoms. The van der Waals surface area contributed by atoms with Crippen LogP contribution in [0.4, 0.5) is 5.82 Å². The van der Waals surface area contributed by atoms with Gasteiger partial charge >= 0.3 is 0 Å². The molecule has 3 heterocycles. The molecule has 0 aliphatic carbocycles. The summed E-state index contributed by atoms with van der Waals surface area (Å²) in [5.74, 6) is 0.694. The lowest BCUT2D eigenvalue weighted by atomic mass is 10.1. The molecule has 1 amide bonds. The van der Waals surface area contributed by atoms with Crippen molar-refractivity contribution < 1.29 is 4.79 Å². The first kappa shape index (κ1) is 16.2. The number of amides is 1. The zero-order valence-corrected chi connectivity index (χ0v) is 13.8. The van der Waals surface area contributed by atoms with E-state index in [9.17, 15) is 4.79 Å². The standard InChI is InChI=1S/C16H21N7O/c1-12(16(24)22-7-3-2-4-8-22)21-14-13-10-20-23(9-5-6-17)15(13)19-11-18-14/h10-12H,2-5,7-9H2,1H3,(H,18,19,21). The Kier molecular flexibility index (Phi) is 4.89. The second-order valence-electron chi connectivity index (χ2n) is 5.99. The van der Waals surface area contributed by atoms with Crippen LogP contribution in [-0.4, -0.2) is 49.7 Å². The van der Waals surface area contributed by atoms with Crippen LogP contribution in [0, 0.1) is 11.3 Å². The molecule has 8 heteroatoms. The van der Waals surface area contributed by atoms with E-state index in [1.54, 1.807) is 10.9 Å². The SMILES string of the molecule is CC(Nc1ncnc2c1cnn2CCC#N)C(=O)N1CCCCC1. The van der Waals surface area contributed by atoms with E-state index in [1.165, 1.54) is 12.7 Å². The fourth-order valence-corrected chi connectivity index (χ4v) is 2.98. The normalized spacial score (nSPS) is 15.9. The number of likely N-dealkylation sites (tertiary alicyclic amines) is 1. The Morgan fingerprint density at radius 2 is 2.17 bits per heavy atom. The number of rotatable bonds is 5. The van der Waals surface area contributed by atoms with Gasteiger partial charge in [-0.2, -0.15) is 10.4 Å². The molecule has 1 aliphatic heterocycles. The van der Waals surface area contributed by atoms with Crippen molar-refractivity contribution in [1.82, 2.24) is 24.6 Å². The Morgan fingerprint density at radius 1 is 1.38 bits per heavy atom. The maximum absolute atomic E-state index is 12.5. The lowest BCUT2D eigenvalue weighted by Crippen LogP contribution is -2.44. The zero-order valence-electron chi connectivity index (χ0n) is 13.8. The monoisotopic (exact) mass is 327 g/mol. The molecule has 0 radical (unpaired) electrons. The van der Waals surface area contributed by atoms with Crippen molar-refractivity contribution in [2.24, 2.45) is 0 Å². The van der Waals surface area contributed by atoms with Gasteiger partial charge in [0, 0.05) is 13.1 Å². The summed E-state index contributed by atoms with van der Waals surface area (Å²) in [5.41, 5.74) is 0.667. The van der Waals surface area contributed by atoms with Crippen LogP contribution in [-0.2, 0) is 11.3 Å². The number of nitrogens with one attached hydrogen (secondary N) is 1. The summed E-state index contributed by atoms with van der Waals surface area (Å²) in [5, 5.41) is 16.9. The molecular formula is C16H21N7O. The second-order valence-corrected chi connectivity index (χ2v) is 5.99. The molecule has 0 aromatic carbocycles. The van der Waals surface area contributed by atoms with Gasteiger partial charge in [0.15, 0.2) is 5.65 Å².